The number of halogens is 3. The molecule has 0 saturated heterocycles. The van der Waals surface area contributed by atoms with E-state index in [0.29, 0.717) is 11.3 Å². The van der Waals surface area contributed by atoms with Crippen LogP contribution in [0.5, 0.6) is 0 Å². The average molecular weight is 316 g/mol. The number of carboxylic acid groups (broad SMARTS) is 1. The number of carbonyl (C=O) groups is 1. The van der Waals surface area contributed by atoms with Crippen LogP contribution < -0.4 is 0 Å². The first-order chi connectivity index (χ1) is 9.70. The van der Waals surface area contributed by atoms with E-state index < -0.39 is 17.7 Å². The molecule has 0 bridgehead atoms. The lowest BCUT2D eigenvalue weighted by molar-refractivity contribution is -0.137. The minimum Gasteiger partial charge on any atom is -0.477 e. The Kier molecular flexibility index (Phi) is 3.91. The van der Waals surface area contributed by atoms with Crippen LogP contribution in [0.3, 0.4) is 0 Å². The van der Waals surface area contributed by atoms with E-state index in [2.05, 4.69) is 4.98 Å². The summed E-state index contributed by atoms with van der Waals surface area (Å²) in [6.45, 7) is 0. The second kappa shape index (κ2) is 5.36. The molecule has 0 saturated carbocycles. The Balaban J connectivity index is 2.44. The summed E-state index contributed by atoms with van der Waals surface area (Å²) < 4.78 is 39.7. The van der Waals surface area contributed by atoms with Crippen molar-refractivity contribution in [2.24, 2.45) is 7.05 Å². The van der Waals surface area contributed by atoms with E-state index in [1.165, 1.54) is 16.7 Å². The highest BCUT2D eigenvalue weighted by molar-refractivity contribution is 7.71. The number of aromatic nitrogens is 2. The zero-order valence-electron chi connectivity index (χ0n) is 10.9. The van der Waals surface area contributed by atoms with Crippen molar-refractivity contribution in [1.29, 1.82) is 0 Å². The van der Waals surface area contributed by atoms with E-state index in [9.17, 15) is 18.0 Å². The van der Waals surface area contributed by atoms with Crippen LogP contribution in [0.25, 0.3) is 0 Å². The fourth-order valence-corrected chi connectivity index (χ4v) is 2.20. The lowest BCUT2D eigenvalue weighted by atomic mass is 10.0. The number of nitrogens with zero attached hydrogens (tertiary/aromatic N) is 1. The molecule has 1 aromatic carbocycles. The van der Waals surface area contributed by atoms with Crippen LogP contribution in [-0.2, 0) is 19.6 Å². The summed E-state index contributed by atoms with van der Waals surface area (Å²) in [6.07, 6.45) is -4.40. The van der Waals surface area contributed by atoms with Crippen molar-refractivity contribution in [3.8, 4) is 0 Å². The van der Waals surface area contributed by atoms with E-state index in [0.717, 1.165) is 12.1 Å². The molecule has 2 N–H and O–H groups in total. The van der Waals surface area contributed by atoms with Crippen LogP contribution in [0.1, 0.15) is 27.3 Å². The van der Waals surface area contributed by atoms with Gasteiger partial charge in [-0.05, 0) is 23.8 Å². The first kappa shape index (κ1) is 15.3. The molecule has 0 unspecified atom stereocenters. The number of hydrogen-bond acceptors (Lipinski definition) is 2. The number of rotatable bonds is 3. The minimum absolute atomic E-state index is 0.0369. The summed E-state index contributed by atoms with van der Waals surface area (Å²) in [5.41, 5.74) is -0.197. The summed E-state index contributed by atoms with van der Waals surface area (Å²) in [5, 5.41) is 9.09. The maximum atomic E-state index is 12.7. The van der Waals surface area contributed by atoms with Gasteiger partial charge in [0.2, 0.25) is 0 Å². The summed E-state index contributed by atoms with van der Waals surface area (Å²) in [5.74, 6) is -1.20. The Hall–Kier alpha value is -2.09. The molecule has 0 amide bonds. The molecule has 21 heavy (non-hydrogen) atoms. The zero-order valence-corrected chi connectivity index (χ0v) is 11.7. The predicted molar refractivity (Wildman–Crippen MR) is 71.8 cm³/mol. The highest BCUT2D eigenvalue weighted by Crippen LogP contribution is 2.30. The van der Waals surface area contributed by atoms with E-state index >= 15 is 0 Å². The maximum absolute atomic E-state index is 12.7. The number of benzene rings is 1. The standard InChI is InChI=1S/C13H11F3N2O2S/c1-18-9(10(11(19)20)17-12(18)21)6-7-3-2-4-8(5-7)13(14,15)16/h2-5H,6H2,1H3,(H,17,21)(H,19,20). The van der Waals surface area contributed by atoms with Gasteiger partial charge in [0.15, 0.2) is 4.77 Å². The second-order valence-electron chi connectivity index (χ2n) is 4.49. The van der Waals surface area contributed by atoms with E-state index in [1.807, 2.05) is 0 Å². The lowest BCUT2D eigenvalue weighted by Crippen LogP contribution is -2.08. The first-order valence-corrected chi connectivity index (χ1v) is 6.28. The molecular formula is C13H11F3N2O2S. The third kappa shape index (κ3) is 3.15. The Morgan fingerprint density at radius 3 is 2.67 bits per heavy atom. The number of aromatic amines is 1. The van der Waals surface area contributed by atoms with Crippen LogP contribution in [0.4, 0.5) is 13.2 Å². The Labute approximate surface area is 122 Å². The number of alkyl halides is 3. The van der Waals surface area contributed by atoms with Gasteiger partial charge in [0.25, 0.3) is 0 Å². The highest BCUT2D eigenvalue weighted by Gasteiger charge is 2.30. The molecule has 0 aliphatic rings. The number of carboxylic acids is 1. The minimum atomic E-state index is -4.44. The molecule has 2 rings (SSSR count). The highest BCUT2D eigenvalue weighted by atomic mass is 32.1. The van der Waals surface area contributed by atoms with E-state index in [1.54, 1.807) is 7.05 Å². The first-order valence-electron chi connectivity index (χ1n) is 5.87. The van der Waals surface area contributed by atoms with Crippen LogP contribution in [0, 0.1) is 4.77 Å². The van der Waals surface area contributed by atoms with Crippen LogP contribution in [0.15, 0.2) is 24.3 Å². The maximum Gasteiger partial charge on any atom is 0.416 e. The molecular weight excluding hydrogens is 305 g/mol. The Morgan fingerprint density at radius 1 is 1.43 bits per heavy atom. The van der Waals surface area contributed by atoms with Gasteiger partial charge in [0, 0.05) is 13.5 Å². The van der Waals surface area contributed by atoms with Crippen LogP contribution in [0.2, 0.25) is 0 Å². The van der Waals surface area contributed by atoms with Gasteiger partial charge in [-0.2, -0.15) is 13.2 Å². The molecule has 4 nitrogen and oxygen atoms in total. The van der Waals surface area contributed by atoms with Crippen molar-refractivity contribution in [2.45, 2.75) is 12.6 Å². The monoisotopic (exact) mass is 316 g/mol. The fraction of sp³-hybridized carbons (Fsp3) is 0.231. The zero-order chi connectivity index (χ0) is 15.8. The summed E-state index contributed by atoms with van der Waals surface area (Å²) >= 11 is 4.95. The molecule has 1 heterocycles. The van der Waals surface area contributed by atoms with Crippen LogP contribution in [-0.4, -0.2) is 20.6 Å². The van der Waals surface area contributed by atoms with Crippen molar-refractivity contribution >= 4 is 18.2 Å². The number of nitrogens with one attached hydrogen (secondary N) is 1. The molecule has 112 valence electrons. The predicted octanol–water partition coefficient (Wildman–Crippen LogP) is 3.39. The van der Waals surface area contributed by atoms with Gasteiger partial charge in [-0.25, -0.2) is 4.79 Å². The molecule has 2 aromatic rings. The summed E-state index contributed by atoms with van der Waals surface area (Å²) in [4.78, 5) is 13.7. The molecule has 8 heteroatoms. The molecule has 1 aromatic heterocycles. The van der Waals surface area contributed by atoms with Crippen molar-refractivity contribution in [2.75, 3.05) is 0 Å². The lowest BCUT2D eigenvalue weighted by Gasteiger charge is -2.09. The SMILES string of the molecule is Cn1c(Cc2cccc(C(F)(F)F)c2)c(C(=O)O)[nH]c1=S. The van der Waals surface area contributed by atoms with Gasteiger partial charge in [-0.15, -0.1) is 0 Å². The van der Waals surface area contributed by atoms with Crippen molar-refractivity contribution < 1.29 is 23.1 Å². The topological polar surface area (TPSA) is 58.0 Å². The van der Waals surface area contributed by atoms with Crippen molar-refractivity contribution in [3.05, 3.63) is 51.6 Å². The molecule has 0 aliphatic carbocycles. The van der Waals surface area contributed by atoms with Gasteiger partial charge in [0.1, 0.15) is 5.69 Å². The summed E-state index contributed by atoms with van der Waals surface area (Å²) in [7, 11) is 1.56. The summed E-state index contributed by atoms with van der Waals surface area (Å²) in [6, 6.07) is 4.77. The average Bonchev–Trinajstić information content (AvgIpc) is 2.67. The number of H-pyrrole nitrogens is 1. The normalized spacial score (nSPS) is 11.6. The van der Waals surface area contributed by atoms with E-state index in [4.69, 9.17) is 17.3 Å². The van der Waals surface area contributed by atoms with Crippen molar-refractivity contribution in [1.82, 2.24) is 9.55 Å². The van der Waals surface area contributed by atoms with Crippen molar-refractivity contribution in [3.63, 3.8) is 0 Å². The van der Waals surface area contributed by atoms with Gasteiger partial charge < -0.3 is 14.7 Å². The fourth-order valence-electron chi connectivity index (χ4n) is 1.99. The molecule has 0 radical (unpaired) electrons. The largest absolute Gasteiger partial charge is 0.477 e. The Bertz CT molecular complexity index is 747. The van der Waals surface area contributed by atoms with E-state index in [-0.39, 0.29) is 16.9 Å². The molecule has 0 aliphatic heterocycles. The molecule has 0 spiro atoms. The van der Waals surface area contributed by atoms with Gasteiger partial charge >= 0.3 is 12.1 Å². The van der Waals surface area contributed by atoms with Gasteiger partial charge in [-0.3, -0.25) is 0 Å². The third-order valence-corrected chi connectivity index (χ3v) is 3.45. The van der Waals surface area contributed by atoms with Crippen LogP contribution >= 0.6 is 12.2 Å². The molecule has 0 fully saturated rings. The van der Waals surface area contributed by atoms with Gasteiger partial charge in [-0.1, -0.05) is 18.2 Å². The number of imidazole rings is 1. The molecule has 0 atom stereocenters. The second-order valence-corrected chi connectivity index (χ2v) is 4.88. The van der Waals surface area contributed by atoms with Gasteiger partial charge in [0.05, 0.1) is 11.3 Å². The Morgan fingerprint density at radius 2 is 2.10 bits per heavy atom. The quantitative estimate of drug-likeness (QED) is 0.853. The number of hydrogen-bond donors (Lipinski definition) is 2. The number of aromatic carboxylic acids is 1. The smallest absolute Gasteiger partial charge is 0.416 e. The third-order valence-electron chi connectivity index (χ3n) is 3.07.